The number of rotatable bonds is 3. The molecule has 0 aliphatic rings. The van der Waals surface area contributed by atoms with E-state index in [1.165, 1.54) is 6.07 Å². The van der Waals surface area contributed by atoms with Crippen molar-refractivity contribution in [3.63, 3.8) is 0 Å². The van der Waals surface area contributed by atoms with Crippen LogP contribution < -0.4 is 5.32 Å². The zero-order chi connectivity index (χ0) is 15.7. The number of nitrogens with one attached hydrogen (secondary N) is 1. The first-order chi connectivity index (χ1) is 9.66. The normalized spacial score (nSPS) is 12.5. The minimum Gasteiger partial charge on any atom is -0.380 e. The van der Waals surface area contributed by atoms with Crippen molar-refractivity contribution in [2.75, 3.05) is 5.32 Å². The summed E-state index contributed by atoms with van der Waals surface area (Å²) in [5.74, 6) is 0. The molecule has 0 spiro atoms. The molecule has 21 heavy (non-hydrogen) atoms. The van der Waals surface area contributed by atoms with Gasteiger partial charge in [-0.1, -0.05) is 26.8 Å². The zero-order valence-electron chi connectivity index (χ0n) is 12.1. The van der Waals surface area contributed by atoms with Gasteiger partial charge in [0, 0.05) is 22.2 Å². The van der Waals surface area contributed by atoms with Crippen LogP contribution >= 0.6 is 11.3 Å². The maximum absolute atomic E-state index is 12.6. The fourth-order valence-electron chi connectivity index (χ4n) is 1.73. The Morgan fingerprint density at radius 3 is 2.48 bits per heavy atom. The molecule has 0 unspecified atom stereocenters. The van der Waals surface area contributed by atoms with Crippen LogP contribution in [0.25, 0.3) is 0 Å². The Morgan fingerprint density at radius 1 is 1.19 bits per heavy atom. The van der Waals surface area contributed by atoms with Gasteiger partial charge in [-0.2, -0.15) is 13.2 Å². The van der Waals surface area contributed by atoms with Gasteiger partial charge in [-0.15, -0.1) is 11.3 Å². The average Bonchev–Trinajstić information content (AvgIpc) is 2.84. The second-order valence-corrected chi connectivity index (χ2v) is 6.93. The van der Waals surface area contributed by atoms with Crippen molar-refractivity contribution in [2.45, 2.75) is 38.9 Å². The molecule has 0 fully saturated rings. The first-order valence-corrected chi connectivity index (χ1v) is 7.34. The van der Waals surface area contributed by atoms with E-state index in [4.69, 9.17) is 0 Å². The molecule has 0 bridgehead atoms. The van der Waals surface area contributed by atoms with Gasteiger partial charge >= 0.3 is 6.18 Å². The fourth-order valence-corrected chi connectivity index (χ4v) is 2.64. The van der Waals surface area contributed by atoms with Crippen LogP contribution in [0.1, 0.15) is 36.2 Å². The molecule has 0 aliphatic heterocycles. The van der Waals surface area contributed by atoms with Gasteiger partial charge in [0.15, 0.2) is 0 Å². The molecule has 114 valence electrons. The third kappa shape index (κ3) is 4.20. The lowest BCUT2D eigenvalue weighted by Gasteiger charge is -2.13. The van der Waals surface area contributed by atoms with Gasteiger partial charge in [-0.3, -0.25) is 0 Å². The van der Waals surface area contributed by atoms with Crippen molar-refractivity contribution in [3.8, 4) is 0 Å². The molecule has 1 aromatic carbocycles. The van der Waals surface area contributed by atoms with Gasteiger partial charge in [0.05, 0.1) is 17.1 Å². The Morgan fingerprint density at radius 2 is 1.90 bits per heavy atom. The lowest BCUT2D eigenvalue weighted by atomic mass is 9.98. The molecular formula is C15H17F3N2S. The molecule has 0 saturated carbocycles. The number of hydrogen-bond acceptors (Lipinski definition) is 3. The van der Waals surface area contributed by atoms with Crippen LogP contribution in [-0.2, 0) is 18.1 Å². The molecule has 2 nitrogen and oxygen atoms in total. The highest BCUT2D eigenvalue weighted by atomic mass is 32.1. The van der Waals surface area contributed by atoms with Gasteiger partial charge < -0.3 is 5.32 Å². The Bertz CT molecular complexity index is 612. The molecule has 1 aromatic heterocycles. The van der Waals surface area contributed by atoms with Gasteiger partial charge in [-0.05, 0) is 18.2 Å². The van der Waals surface area contributed by atoms with Crippen molar-refractivity contribution < 1.29 is 13.2 Å². The number of anilines is 1. The highest BCUT2D eigenvalue weighted by Crippen LogP contribution is 2.31. The minimum atomic E-state index is -4.32. The number of hydrogen-bond donors (Lipinski definition) is 1. The van der Waals surface area contributed by atoms with Crippen LogP contribution in [0.3, 0.4) is 0 Å². The Labute approximate surface area is 126 Å². The molecule has 2 aromatic rings. The van der Waals surface area contributed by atoms with E-state index >= 15 is 0 Å². The van der Waals surface area contributed by atoms with Crippen molar-refractivity contribution >= 4 is 17.0 Å². The number of halogens is 3. The van der Waals surface area contributed by atoms with E-state index in [9.17, 15) is 13.2 Å². The smallest absolute Gasteiger partial charge is 0.380 e. The van der Waals surface area contributed by atoms with Crippen LogP contribution in [0, 0.1) is 0 Å². The standard InChI is InChI=1S/C15H17F3N2S/c1-14(2,3)13-20-9-12(21-13)8-19-11-6-4-5-10(7-11)15(16,17)18/h4-7,9,19H,8H2,1-3H3. The van der Waals surface area contributed by atoms with Crippen molar-refractivity contribution in [1.82, 2.24) is 4.98 Å². The molecule has 2 rings (SSSR count). The molecule has 1 N–H and O–H groups in total. The van der Waals surface area contributed by atoms with E-state index in [1.54, 1.807) is 23.6 Å². The Balaban J connectivity index is 2.05. The number of benzene rings is 1. The zero-order valence-corrected chi connectivity index (χ0v) is 12.9. The van der Waals surface area contributed by atoms with Crippen molar-refractivity contribution in [1.29, 1.82) is 0 Å². The lowest BCUT2D eigenvalue weighted by Crippen LogP contribution is -2.09. The van der Waals surface area contributed by atoms with E-state index in [1.807, 2.05) is 0 Å². The molecule has 0 amide bonds. The van der Waals surface area contributed by atoms with E-state index in [2.05, 4.69) is 31.1 Å². The highest BCUT2D eigenvalue weighted by molar-refractivity contribution is 7.11. The predicted octanol–water partition coefficient (Wildman–Crippen LogP) is 5.07. The third-order valence-corrected chi connectivity index (χ3v) is 4.27. The number of nitrogens with zero attached hydrogens (tertiary/aromatic N) is 1. The quantitative estimate of drug-likeness (QED) is 0.855. The van der Waals surface area contributed by atoms with E-state index in [-0.39, 0.29) is 5.41 Å². The van der Waals surface area contributed by atoms with E-state index in [0.29, 0.717) is 12.2 Å². The number of thiazole rings is 1. The van der Waals surface area contributed by atoms with Crippen LogP contribution in [0.4, 0.5) is 18.9 Å². The first-order valence-electron chi connectivity index (χ1n) is 6.52. The van der Waals surface area contributed by atoms with E-state index in [0.717, 1.165) is 22.0 Å². The molecule has 0 atom stereocenters. The summed E-state index contributed by atoms with van der Waals surface area (Å²) in [6.45, 7) is 6.70. The summed E-state index contributed by atoms with van der Waals surface area (Å²) < 4.78 is 37.9. The van der Waals surface area contributed by atoms with E-state index < -0.39 is 11.7 Å². The predicted molar refractivity (Wildman–Crippen MR) is 79.6 cm³/mol. The molecule has 0 aliphatic carbocycles. The fraction of sp³-hybridized carbons (Fsp3) is 0.400. The van der Waals surface area contributed by atoms with Crippen molar-refractivity contribution in [2.24, 2.45) is 0 Å². The topological polar surface area (TPSA) is 24.9 Å². The Kier molecular flexibility index (Phi) is 4.27. The van der Waals surface area contributed by atoms with Crippen LogP contribution in [0.5, 0.6) is 0 Å². The van der Waals surface area contributed by atoms with Gasteiger partial charge in [0.25, 0.3) is 0 Å². The molecule has 0 radical (unpaired) electrons. The number of aromatic nitrogens is 1. The average molecular weight is 314 g/mol. The Hall–Kier alpha value is -1.56. The summed E-state index contributed by atoms with van der Waals surface area (Å²) in [6, 6.07) is 5.21. The SMILES string of the molecule is CC(C)(C)c1ncc(CNc2cccc(C(F)(F)F)c2)s1. The minimum absolute atomic E-state index is 0.0148. The summed E-state index contributed by atoms with van der Waals surface area (Å²) in [5, 5.41) is 4.03. The third-order valence-electron chi connectivity index (χ3n) is 2.85. The molecular weight excluding hydrogens is 297 g/mol. The summed E-state index contributed by atoms with van der Waals surface area (Å²) in [4.78, 5) is 5.35. The van der Waals surface area contributed by atoms with Crippen molar-refractivity contribution in [3.05, 3.63) is 45.9 Å². The highest BCUT2D eigenvalue weighted by Gasteiger charge is 2.30. The second-order valence-electron chi connectivity index (χ2n) is 5.81. The van der Waals surface area contributed by atoms with Gasteiger partial charge in [0.1, 0.15) is 0 Å². The molecule has 1 heterocycles. The lowest BCUT2D eigenvalue weighted by molar-refractivity contribution is -0.137. The monoisotopic (exact) mass is 314 g/mol. The first kappa shape index (κ1) is 15.8. The van der Waals surface area contributed by atoms with Crippen LogP contribution in [-0.4, -0.2) is 4.98 Å². The largest absolute Gasteiger partial charge is 0.416 e. The maximum atomic E-state index is 12.6. The van der Waals surface area contributed by atoms with Gasteiger partial charge in [0.2, 0.25) is 0 Å². The summed E-state index contributed by atoms with van der Waals surface area (Å²) in [7, 11) is 0. The van der Waals surface area contributed by atoms with Gasteiger partial charge in [-0.25, -0.2) is 4.98 Å². The summed E-state index contributed by atoms with van der Waals surface area (Å²) in [6.07, 6.45) is -2.55. The van der Waals surface area contributed by atoms with Crippen LogP contribution in [0.15, 0.2) is 30.5 Å². The number of alkyl halides is 3. The van der Waals surface area contributed by atoms with Crippen LogP contribution in [0.2, 0.25) is 0 Å². The maximum Gasteiger partial charge on any atom is 0.416 e. The molecule has 0 saturated heterocycles. The summed E-state index contributed by atoms with van der Waals surface area (Å²) in [5.41, 5.74) is -0.207. The second kappa shape index (κ2) is 5.67. The molecule has 6 heteroatoms. The summed E-state index contributed by atoms with van der Waals surface area (Å²) >= 11 is 1.57.